The third kappa shape index (κ3) is 2.30. The predicted octanol–water partition coefficient (Wildman–Crippen LogP) is 1.99. The van der Waals surface area contributed by atoms with E-state index in [0.29, 0.717) is 33.0 Å². The summed E-state index contributed by atoms with van der Waals surface area (Å²) in [6.07, 6.45) is 4.95. The number of fused-ring (bicyclic) bond motifs is 3. The summed E-state index contributed by atoms with van der Waals surface area (Å²) in [6.45, 7) is 1.76. The Labute approximate surface area is 142 Å². The quantitative estimate of drug-likeness (QED) is 0.609. The Morgan fingerprint density at radius 1 is 1.24 bits per heavy atom. The summed E-state index contributed by atoms with van der Waals surface area (Å²) in [4.78, 5) is 21.5. The van der Waals surface area contributed by atoms with Gasteiger partial charge in [-0.3, -0.25) is 14.2 Å². The molecule has 0 saturated carbocycles. The maximum absolute atomic E-state index is 13.0. The van der Waals surface area contributed by atoms with Gasteiger partial charge in [-0.05, 0) is 36.8 Å². The number of aromatic nitrogens is 3. The van der Waals surface area contributed by atoms with E-state index in [9.17, 15) is 10.1 Å². The van der Waals surface area contributed by atoms with Crippen molar-refractivity contribution in [3.63, 3.8) is 0 Å². The maximum Gasteiger partial charge on any atom is 0.265 e. The second-order valence-corrected chi connectivity index (χ2v) is 5.62. The fourth-order valence-corrected chi connectivity index (χ4v) is 2.89. The van der Waals surface area contributed by atoms with Crippen LogP contribution in [0.5, 0.6) is 0 Å². The van der Waals surface area contributed by atoms with Gasteiger partial charge in [0.2, 0.25) is 0 Å². The van der Waals surface area contributed by atoms with Gasteiger partial charge in [0.05, 0.1) is 33.7 Å². The van der Waals surface area contributed by atoms with E-state index in [1.165, 1.54) is 4.40 Å². The number of nitrogens with zero attached hydrogens (tertiary/aromatic N) is 4. The molecule has 6 nitrogen and oxygen atoms in total. The molecule has 0 spiro atoms. The van der Waals surface area contributed by atoms with E-state index < -0.39 is 0 Å². The van der Waals surface area contributed by atoms with Crippen LogP contribution < -0.4 is 16.1 Å². The van der Waals surface area contributed by atoms with Crippen molar-refractivity contribution in [3.8, 4) is 6.07 Å². The highest BCUT2D eigenvalue weighted by atomic mass is 16.1. The van der Waals surface area contributed by atoms with E-state index >= 15 is 0 Å². The third-order valence-electron chi connectivity index (χ3n) is 4.15. The SMILES string of the molecule is Cc1c(C#N)c2nc3ccccc3n2c(=O)/c1=C\Nc1cccnc1. The van der Waals surface area contributed by atoms with Gasteiger partial charge < -0.3 is 5.32 Å². The summed E-state index contributed by atoms with van der Waals surface area (Å²) in [5.41, 5.74) is 3.32. The Balaban J connectivity index is 2.07. The largest absolute Gasteiger partial charge is 0.360 e. The molecule has 4 aromatic rings. The minimum atomic E-state index is -0.211. The van der Waals surface area contributed by atoms with Crippen molar-refractivity contribution >= 4 is 28.6 Å². The van der Waals surface area contributed by atoms with Crippen molar-refractivity contribution in [2.45, 2.75) is 6.92 Å². The summed E-state index contributed by atoms with van der Waals surface area (Å²) in [5.74, 6) is 0. The van der Waals surface area contributed by atoms with Crippen LogP contribution in [0.1, 0.15) is 11.1 Å². The number of imidazole rings is 1. The molecule has 0 unspecified atom stereocenters. The van der Waals surface area contributed by atoms with Gasteiger partial charge in [-0.2, -0.15) is 5.26 Å². The normalized spacial score (nSPS) is 11.8. The van der Waals surface area contributed by atoms with Crippen LogP contribution in [0, 0.1) is 18.3 Å². The molecule has 0 aliphatic rings. The fraction of sp³-hybridized carbons (Fsp3) is 0.0526. The first-order valence-corrected chi connectivity index (χ1v) is 7.71. The lowest BCUT2D eigenvalue weighted by molar-refractivity contribution is 1.10. The summed E-state index contributed by atoms with van der Waals surface area (Å²) >= 11 is 0. The van der Waals surface area contributed by atoms with Crippen molar-refractivity contribution in [1.29, 1.82) is 5.26 Å². The lowest BCUT2D eigenvalue weighted by Crippen LogP contribution is -2.34. The number of pyridine rings is 2. The highest BCUT2D eigenvalue weighted by Gasteiger charge is 2.15. The van der Waals surface area contributed by atoms with Crippen LogP contribution >= 0.6 is 0 Å². The van der Waals surface area contributed by atoms with Crippen molar-refractivity contribution in [2.75, 3.05) is 5.32 Å². The first-order chi connectivity index (χ1) is 12.2. The molecule has 0 atom stereocenters. The summed E-state index contributed by atoms with van der Waals surface area (Å²) in [6, 6.07) is 13.2. The Kier molecular flexibility index (Phi) is 3.40. The van der Waals surface area contributed by atoms with Crippen LogP contribution in [0.3, 0.4) is 0 Å². The molecular weight excluding hydrogens is 314 g/mol. The molecule has 25 heavy (non-hydrogen) atoms. The fourth-order valence-electron chi connectivity index (χ4n) is 2.89. The molecule has 1 aromatic carbocycles. The highest BCUT2D eigenvalue weighted by Crippen LogP contribution is 2.17. The van der Waals surface area contributed by atoms with E-state index in [1.54, 1.807) is 31.6 Å². The average Bonchev–Trinajstić information content (AvgIpc) is 3.02. The highest BCUT2D eigenvalue weighted by molar-refractivity contribution is 5.82. The Morgan fingerprint density at radius 2 is 2.08 bits per heavy atom. The number of para-hydroxylation sites is 2. The molecule has 0 aliphatic heterocycles. The van der Waals surface area contributed by atoms with Gasteiger partial charge in [0, 0.05) is 12.4 Å². The van der Waals surface area contributed by atoms with Crippen LogP contribution in [0.4, 0.5) is 5.69 Å². The standard InChI is InChI=1S/C19H13N5O/c1-12-14(9-20)18-23-16-6-2-3-7-17(16)24(18)19(25)15(12)11-22-13-5-4-8-21-10-13/h2-8,10-11,22H,1H3/b15-11-. The molecule has 0 radical (unpaired) electrons. The molecule has 6 heteroatoms. The second-order valence-electron chi connectivity index (χ2n) is 5.62. The third-order valence-corrected chi connectivity index (χ3v) is 4.15. The van der Waals surface area contributed by atoms with E-state index in [-0.39, 0.29) is 5.56 Å². The number of hydrogen-bond acceptors (Lipinski definition) is 5. The number of nitrogens with one attached hydrogen (secondary N) is 1. The van der Waals surface area contributed by atoms with Gasteiger partial charge in [-0.25, -0.2) is 4.98 Å². The van der Waals surface area contributed by atoms with Crippen LogP contribution in [0.15, 0.2) is 53.6 Å². The first kappa shape index (κ1) is 14.8. The first-order valence-electron chi connectivity index (χ1n) is 7.71. The van der Waals surface area contributed by atoms with E-state index in [1.807, 2.05) is 30.3 Å². The van der Waals surface area contributed by atoms with E-state index in [4.69, 9.17) is 0 Å². The Bertz CT molecular complexity index is 1250. The Hall–Kier alpha value is -3.72. The van der Waals surface area contributed by atoms with Crippen molar-refractivity contribution in [3.05, 3.63) is 75.5 Å². The number of nitriles is 1. The summed E-state index contributed by atoms with van der Waals surface area (Å²) in [5, 5.41) is 13.1. The molecule has 0 fully saturated rings. The van der Waals surface area contributed by atoms with Crippen LogP contribution in [0.2, 0.25) is 0 Å². The van der Waals surface area contributed by atoms with Gasteiger partial charge in [0.25, 0.3) is 5.56 Å². The topological polar surface area (TPSA) is 83.1 Å². The van der Waals surface area contributed by atoms with E-state index in [2.05, 4.69) is 21.4 Å². The van der Waals surface area contributed by atoms with Gasteiger partial charge in [-0.15, -0.1) is 0 Å². The van der Waals surface area contributed by atoms with Gasteiger partial charge >= 0.3 is 0 Å². The molecule has 0 bridgehead atoms. The number of hydrogen-bond donors (Lipinski definition) is 1. The zero-order valence-electron chi connectivity index (χ0n) is 13.4. The maximum atomic E-state index is 13.0. The molecule has 3 heterocycles. The second kappa shape index (κ2) is 5.73. The molecule has 0 amide bonds. The summed E-state index contributed by atoms with van der Waals surface area (Å²) in [7, 11) is 0. The minimum absolute atomic E-state index is 0.211. The van der Waals surface area contributed by atoms with Gasteiger partial charge in [0.1, 0.15) is 6.07 Å². The number of rotatable bonds is 2. The van der Waals surface area contributed by atoms with Crippen molar-refractivity contribution < 1.29 is 0 Å². The molecule has 1 N–H and O–H groups in total. The van der Waals surface area contributed by atoms with Crippen LogP contribution in [-0.2, 0) is 0 Å². The van der Waals surface area contributed by atoms with E-state index in [0.717, 1.165) is 5.69 Å². The number of benzene rings is 1. The molecule has 3 aromatic heterocycles. The molecule has 0 saturated heterocycles. The lowest BCUT2D eigenvalue weighted by atomic mass is 10.1. The Morgan fingerprint density at radius 3 is 2.84 bits per heavy atom. The van der Waals surface area contributed by atoms with Crippen LogP contribution in [0.25, 0.3) is 22.9 Å². The van der Waals surface area contributed by atoms with Crippen molar-refractivity contribution in [1.82, 2.24) is 14.4 Å². The molecule has 120 valence electrons. The van der Waals surface area contributed by atoms with Gasteiger partial charge in [-0.1, -0.05) is 12.1 Å². The molecule has 0 aliphatic carbocycles. The molecular formula is C19H13N5O. The average molecular weight is 327 g/mol. The lowest BCUT2D eigenvalue weighted by Gasteiger charge is -2.04. The van der Waals surface area contributed by atoms with Crippen molar-refractivity contribution in [2.24, 2.45) is 0 Å². The monoisotopic (exact) mass is 327 g/mol. The van der Waals surface area contributed by atoms with Gasteiger partial charge in [0.15, 0.2) is 5.65 Å². The summed E-state index contributed by atoms with van der Waals surface area (Å²) < 4.78 is 1.50. The predicted molar refractivity (Wildman–Crippen MR) is 96.0 cm³/mol. The number of anilines is 1. The molecule has 4 rings (SSSR count). The van der Waals surface area contributed by atoms with Crippen LogP contribution in [-0.4, -0.2) is 14.4 Å². The zero-order valence-corrected chi connectivity index (χ0v) is 13.4. The zero-order chi connectivity index (χ0) is 17.4. The minimum Gasteiger partial charge on any atom is -0.360 e. The smallest absolute Gasteiger partial charge is 0.265 e.